The molecule has 0 fully saturated rings. The number of aryl methyl sites for hydroxylation is 1. The predicted octanol–water partition coefficient (Wildman–Crippen LogP) is 1.17. The zero-order valence-corrected chi connectivity index (χ0v) is 9.77. The molecule has 2 aromatic rings. The van der Waals surface area contributed by atoms with Gasteiger partial charge in [-0.15, -0.1) is 0 Å². The second kappa shape index (κ2) is 4.06. The lowest BCUT2D eigenvalue weighted by Gasteiger charge is -2.03. The molecule has 1 aliphatic rings. The summed E-state index contributed by atoms with van der Waals surface area (Å²) in [5.74, 6) is -0.214. The maximum absolute atomic E-state index is 11.8. The van der Waals surface area contributed by atoms with Crippen molar-refractivity contribution in [2.45, 2.75) is 13.5 Å². The van der Waals surface area contributed by atoms with Gasteiger partial charge in [-0.2, -0.15) is 0 Å². The van der Waals surface area contributed by atoms with Gasteiger partial charge in [0.1, 0.15) is 5.69 Å². The van der Waals surface area contributed by atoms with Crippen LogP contribution in [0.1, 0.15) is 21.9 Å². The Balaban J connectivity index is 1.63. The van der Waals surface area contributed by atoms with E-state index < -0.39 is 0 Å². The maximum atomic E-state index is 11.8. The molecule has 0 saturated carbocycles. The Labute approximate surface area is 103 Å². The number of rotatable bonds is 3. The van der Waals surface area contributed by atoms with Crippen molar-refractivity contribution >= 4 is 17.3 Å². The van der Waals surface area contributed by atoms with Gasteiger partial charge in [0.25, 0.3) is 5.91 Å². The summed E-state index contributed by atoms with van der Waals surface area (Å²) < 4.78 is 0. The second-order valence-electron chi connectivity index (χ2n) is 4.07. The zero-order chi connectivity index (χ0) is 12.5. The smallest absolute Gasteiger partial charge is 0.270 e. The van der Waals surface area contributed by atoms with Crippen LogP contribution in [-0.4, -0.2) is 20.9 Å². The van der Waals surface area contributed by atoms with Crippen LogP contribution in [0.4, 0.5) is 11.4 Å². The van der Waals surface area contributed by atoms with Crippen LogP contribution in [0.3, 0.4) is 0 Å². The van der Waals surface area contributed by atoms with Crippen LogP contribution in [0.25, 0.3) is 0 Å². The van der Waals surface area contributed by atoms with Gasteiger partial charge in [0.05, 0.1) is 41.7 Å². The summed E-state index contributed by atoms with van der Waals surface area (Å²) in [6.45, 7) is 2.21. The molecule has 90 valence electrons. The Morgan fingerprint density at radius 3 is 2.83 bits per heavy atom. The second-order valence-corrected chi connectivity index (χ2v) is 4.07. The molecule has 0 atom stereocenters. The van der Waals surface area contributed by atoms with E-state index >= 15 is 0 Å². The molecule has 0 unspecified atom stereocenters. The van der Waals surface area contributed by atoms with Crippen molar-refractivity contribution in [1.82, 2.24) is 20.3 Å². The van der Waals surface area contributed by atoms with Gasteiger partial charge in [-0.25, -0.2) is 4.98 Å². The number of nitrogens with zero attached hydrogens (tertiary/aromatic N) is 3. The van der Waals surface area contributed by atoms with E-state index in [1.807, 2.05) is 6.92 Å². The summed E-state index contributed by atoms with van der Waals surface area (Å²) in [5.41, 5.74) is 3.92. The van der Waals surface area contributed by atoms with Crippen molar-refractivity contribution in [3.8, 4) is 0 Å². The number of hydrogen-bond acceptors (Lipinski definition) is 5. The Bertz CT molecular complexity index is 608. The lowest BCUT2D eigenvalue weighted by molar-refractivity contribution is 0.0945. The van der Waals surface area contributed by atoms with Gasteiger partial charge in [-0.05, 0) is 13.0 Å². The molecule has 0 saturated heterocycles. The monoisotopic (exact) mass is 241 g/mol. The van der Waals surface area contributed by atoms with Gasteiger partial charge >= 0.3 is 0 Å². The average molecular weight is 241 g/mol. The van der Waals surface area contributed by atoms with E-state index in [9.17, 15) is 4.79 Å². The van der Waals surface area contributed by atoms with Gasteiger partial charge in [0.15, 0.2) is 0 Å². The average Bonchev–Trinajstić information content (AvgIpc) is 3.16. The van der Waals surface area contributed by atoms with Crippen molar-refractivity contribution in [3.63, 3.8) is 0 Å². The van der Waals surface area contributed by atoms with Crippen LogP contribution < -0.4 is 10.6 Å². The Kier molecular flexibility index (Phi) is 2.40. The molecule has 0 aromatic carbocycles. The van der Waals surface area contributed by atoms with Gasteiger partial charge in [0, 0.05) is 6.20 Å². The van der Waals surface area contributed by atoms with Gasteiger partial charge < -0.3 is 10.6 Å². The molecule has 0 aliphatic carbocycles. The Morgan fingerprint density at radius 1 is 1.22 bits per heavy atom. The van der Waals surface area contributed by atoms with E-state index in [0.717, 1.165) is 22.8 Å². The summed E-state index contributed by atoms with van der Waals surface area (Å²) in [5, 5.41) is 5.75. The molecule has 1 amide bonds. The molecule has 0 bridgehead atoms. The molecule has 6 nitrogen and oxygen atoms in total. The van der Waals surface area contributed by atoms with Crippen molar-refractivity contribution in [2.24, 2.45) is 0 Å². The molecule has 1 aliphatic heterocycles. The standard InChI is InChI=1S/C12H11N5O/c1-7-3-14-8(4-13-7)5-16-12(18)10-2-9-11(17-9)6-15-10/h2-4,6,17H,5H2,1H3,(H,16,18). The Hall–Kier alpha value is -2.50. The van der Waals surface area contributed by atoms with E-state index in [2.05, 4.69) is 25.6 Å². The number of hydrogen-bond donors (Lipinski definition) is 2. The minimum absolute atomic E-state index is 0.214. The van der Waals surface area contributed by atoms with Crippen molar-refractivity contribution < 1.29 is 4.79 Å². The summed E-state index contributed by atoms with van der Waals surface area (Å²) in [6.07, 6.45) is 4.97. The highest BCUT2D eigenvalue weighted by Gasteiger charge is 2.19. The first-order chi connectivity index (χ1) is 8.72. The third-order valence-corrected chi connectivity index (χ3v) is 2.61. The number of carbonyl (C=O) groups excluding carboxylic acids is 1. The number of fused-ring (bicyclic) bond motifs is 1. The topological polar surface area (TPSA) is 89.7 Å². The summed E-state index contributed by atoms with van der Waals surface area (Å²) in [4.78, 5) is 24.1. The fourth-order valence-electron chi connectivity index (χ4n) is 1.53. The normalized spacial score (nSPS) is 11.4. The third-order valence-electron chi connectivity index (χ3n) is 2.61. The zero-order valence-electron chi connectivity index (χ0n) is 9.77. The first-order valence-electron chi connectivity index (χ1n) is 5.55. The molecule has 6 heteroatoms. The number of carbonyl (C=O) groups is 1. The van der Waals surface area contributed by atoms with E-state index in [4.69, 9.17) is 0 Å². The highest BCUT2D eigenvalue weighted by Crippen LogP contribution is 2.37. The molecule has 2 N–H and O–H groups in total. The molecular formula is C12H11N5O. The fourth-order valence-corrected chi connectivity index (χ4v) is 1.53. The Morgan fingerprint density at radius 2 is 2.11 bits per heavy atom. The predicted molar refractivity (Wildman–Crippen MR) is 65.5 cm³/mol. The third kappa shape index (κ3) is 2.13. The summed E-state index contributed by atoms with van der Waals surface area (Å²) in [6, 6.07) is 1.73. The molecule has 3 rings (SSSR count). The maximum Gasteiger partial charge on any atom is 0.270 e. The molecule has 0 radical (unpaired) electrons. The first-order valence-corrected chi connectivity index (χ1v) is 5.55. The van der Waals surface area contributed by atoms with Gasteiger partial charge in [-0.1, -0.05) is 0 Å². The lowest BCUT2D eigenvalue weighted by Crippen LogP contribution is -2.24. The van der Waals surface area contributed by atoms with Gasteiger partial charge in [-0.3, -0.25) is 14.8 Å². The van der Waals surface area contributed by atoms with Crippen molar-refractivity contribution in [1.29, 1.82) is 0 Å². The van der Waals surface area contributed by atoms with E-state index in [-0.39, 0.29) is 5.91 Å². The fraction of sp³-hybridized carbons (Fsp3) is 0.167. The van der Waals surface area contributed by atoms with Crippen LogP contribution >= 0.6 is 0 Å². The number of anilines is 2. The lowest BCUT2D eigenvalue weighted by atomic mass is 10.3. The number of aromatic nitrogens is 3. The summed E-state index contributed by atoms with van der Waals surface area (Å²) >= 11 is 0. The van der Waals surface area contributed by atoms with E-state index in [1.54, 1.807) is 24.7 Å². The molecule has 3 heterocycles. The molecule has 18 heavy (non-hydrogen) atoms. The van der Waals surface area contributed by atoms with Gasteiger partial charge in [0.2, 0.25) is 0 Å². The molecule has 2 aromatic heterocycles. The van der Waals surface area contributed by atoms with E-state index in [0.29, 0.717) is 12.2 Å². The number of nitrogens with one attached hydrogen (secondary N) is 2. The number of pyridine rings is 1. The largest absolute Gasteiger partial charge is 0.351 e. The van der Waals surface area contributed by atoms with Crippen LogP contribution in [0.2, 0.25) is 0 Å². The molecular weight excluding hydrogens is 230 g/mol. The summed E-state index contributed by atoms with van der Waals surface area (Å²) in [7, 11) is 0. The number of amides is 1. The minimum atomic E-state index is -0.214. The quantitative estimate of drug-likeness (QED) is 0.672. The van der Waals surface area contributed by atoms with Crippen LogP contribution in [-0.2, 0) is 6.54 Å². The first kappa shape index (κ1) is 10.6. The molecule has 0 spiro atoms. The highest BCUT2D eigenvalue weighted by molar-refractivity contribution is 5.98. The van der Waals surface area contributed by atoms with Crippen molar-refractivity contribution in [3.05, 3.63) is 41.7 Å². The highest BCUT2D eigenvalue weighted by atomic mass is 16.1. The SMILES string of the molecule is Cc1cnc(CNC(=O)c2cc3c(cn2)N3)cn1. The minimum Gasteiger partial charge on any atom is -0.351 e. The van der Waals surface area contributed by atoms with Crippen LogP contribution in [0.5, 0.6) is 0 Å². The van der Waals surface area contributed by atoms with E-state index in [1.165, 1.54) is 0 Å². The van der Waals surface area contributed by atoms with Crippen LogP contribution in [0.15, 0.2) is 24.7 Å². The van der Waals surface area contributed by atoms with Crippen molar-refractivity contribution in [2.75, 3.05) is 5.32 Å². The van der Waals surface area contributed by atoms with Crippen LogP contribution in [0, 0.1) is 6.92 Å².